The van der Waals surface area contributed by atoms with Gasteiger partial charge in [0.15, 0.2) is 5.75 Å². The molecule has 0 N–H and O–H groups in total. The molecule has 0 unspecified atom stereocenters. The monoisotopic (exact) mass is 637 g/mol. The molecule has 4 heterocycles. The maximum Gasteiger partial charge on any atom is 0.350 e. The van der Waals surface area contributed by atoms with E-state index < -0.39 is 17.3 Å². The van der Waals surface area contributed by atoms with Crippen LogP contribution in [-0.4, -0.2) is 76.2 Å². The van der Waals surface area contributed by atoms with E-state index in [2.05, 4.69) is 16.5 Å². The number of likely N-dealkylation sites (tertiary alicyclic amines) is 1. The van der Waals surface area contributed by atoms with Crippen LogP contribution >= 0.6 is 11.6 Å². The van der Waals surface area contributed by atoms with Crippen LogP contribution in [0.3, 0.4) is 0 Å². The molecular weight excluding hydrogens is 600 g/mol. The van der Waals surface area contributed by atoms with E-state index in [4.69, 9.17) is 16.3 Å². The van der Waals surface area contributed by atoms with E-state index in [1.165, 1.54) is 37.5 Å². The maximum atomic E-state index is 15.2. The highest BCUT2D eigenvalue weighted by molar-refractivity contribution is 6.35. The Balaban J connectivity index is 1.32. The predicted molar refractivity (Wildman–Crippen MR) is 171 cm³/mol. The van der Waals surface area contributed by atoms with Gasteiger partial charge < -0.3 is 19.4 Å². The number of benzene rings is 2. The SMILES string of the molecule is C=CC(=O)N1C[C@H](C)N(c2nc(=O)n3c4c(c(-c5ccc(F)cc5F)c(Cl)cc24)OC[C@H]3CCCN2C[C@@H]3CC[C@H]2C3)C[C@H]1C. The fourth-order valence-corrected chi connectivity index (χ4v) is 8.41. The first-order chi connectivity index (χ1) is 21.6. The molecule has 0 spiro atoms. The standard InChI is InChI=1S/C34H38ClF2N5O3/c1-4-29(43)40-15-20(3)41(16-19(40)2)33-26-14-27(35)30(25-10-8-22(36)13-28(25)37)32-31(26)42(34(44)38-33)24(18-45-32)6-5-11-39-17-21-7-9-23(39)12-21/h4,8,10,13-14,19-21,23-24H,1,5-7,9,11-12,15-18H2,2-3H3/t19-,20+,21-,23+,24-/m1/s1. The van der Waals surface area contributed by atoms with Gasteiger partial charge in [-0.25, -0.2) is 13.6 Å². The van der Waals surface area contributed by atoms with Gasteiger partial charge in [-0.05, 0) is 82.7 Å². The Kier molecular flexibility index (Phi) is 7.84. The Morgan fingerprint density at radius 2 is 1.98 bits per heavy atom. The minimum Gasteiger partial charge on any atom is -0.488 e. The van der Waals surface area contributed by atoms with Gasteiger partial charge >= 0.3 is 5.69 Å². The highest BCUT2D eigenvalue weighted by Gasteiger charge is 2.38. The Morgan fingerprint density at radius 1 is 1.16 bits per heavy atom. The lowest BCUT2D eigenvalue weighted by Gasteiger charge is -2.45. The number of aromatic nitrogens is 2. The number of piperidine rings is 1. The summed E-state index contributed by atoms with van der Waals surface area (Å²) in [5, 5.41) is 0.824. The lowest BCUT2D eigenvalue weighted by Crippen LogP contribution is -2.58. The lowest BCUT2D eigenvalue weighted by molar-refractivity contribution is -0.128. The molecule has 11 heteroatoms. The second-order valence-corrected chi connectivity index (χ2v) is 13.6. The van der Waals surface area contributed by atoms with Crippen molar-refractivity contribution in [3.05, 3.63) is 64.1 Å². The molecule has 238 valence electrons. The lowest BCUT2D eigenvalue weighted by atomic mass is 9.98. The predicted octanol–water partition coefficient (Wildman–Crippen LogP) is 5.80. The van der Waals surface area contributed by atoms with Crippen molar-refractivity contribution in [2.45, 2.75) is 70.1 Å². The number of halogens is 3. The van der Waals surface area contributed by atoms with Crippen LogP contribution in [-0.2, 0) is 4.79 Å². The minimum atomic E-state index is -0.772. The quantitative estimate of drug-likeness (QED) is 0.305. The summed E-state index contributed by atoms with van der Waals surface area (Å²) in [6, 6.07) is 5.14. The fraction of sp³-hybridized carbons (Fsp3) is 0.500. The topological polar surface area (TPSA) is 70.9 Å². The van der Waals surface area contributed by atoms with E-state index in [9.17, 15) is 14.0 Å². The molecule has 4 aliphatic rings. The fourth-order valence-electron chi connectivity index (χ4n) is 8.11. The Bertz CT molecular complexity index is 1750. The van der Waals surface area contributed by atoms with Gasteiger partial charge in [0.1, 0.15) is 24.1 Å². The molecule has 7 rings (SSSR count). The van der Waals surface area contributed by atoms with Crippen LogP contribution in [0.2, 0.25) is 5.02 Å². The van der Waals surface area contributed by atoms with Crippen LogP contribution in [0.15, 0.2) is 41.7 Å². The Labute approximate surface area is 266 Å². The first-order valence-electron chi connectivity index (χ1n) is 15.9. The zero-order valence-corrected chi connectivity index (χ0v) is 26.4. The van der Waals surface area contributed by atoms with Crippen molar-refractivity contribution < 1.29 is 18.3 Å². The van der Waals surface area contributed by atoms with Gasteiger partial charge in [0.05, 0.1) is 16.6 Å². The zero-order valence-electron chi connectivity index (χ0n) is 25.6. The van der Waals surface area contributed by atoms with Crippen molar-refractivity contribution in [3.63, 3.8) is 0 Å². The van der Waals surface area contributed by atoms with Crippen LogP contribution in [0, 0.1) is 17.6 Å². The van der Waals surface area contributed by atoms with Crippen molar-refractivity contribution in [1.82, 2.24) is 19.4 Å². The number of piperazine rings is 1. The van der Waals surface area contributed by atoms with E-state index >= 15 is 4.39 Å². The highest BCUT2D eigenvalue weighted by atomic mass is 35.5. The van der Waals surface area contributed by atoms with Crippen LogP contribution in [0.1, 0.15) is 52.0 Å². The molecule has 3 aromatic rings. The third kappa shape index (κ3) is 5.19. The van der Waals surface area contributed by atoms with Crippen molar-refractivity contribution in [1.29, 1.82) is 0 Å². The average Bonchev–Trinajstić information content (AvgIpc) is 3.64. The summed E-state index contributed by atoms with van der Waals surface area (Å²) < 4.78 is 37.2. The number of fused-ring (bicyclic) bond motifs is 2. The number of rotatable bonds is 7. The number of carbonyl (C=O) groups is 1. The third-order valence-corrected chi connectivity index (χ3v) is 10.6. The van der Waals surface area contributed by atoms with Crippen LogP contribution in [0.4, 0.5) is 14.6 Å². The van der Waals surface area contributed by atoms with Crippen molar-refractivity contribution in [2.75, 3.05) is 37.7 Å². The molecule has 2 bridgehead atoms. The van der Waals surface area contributed by atoms with Gasteiger partial charge in [0.25, 0.3) is 0 Å². The molecule has 45 heavy (non-hydrogen) atoms. The summed E-state index contributed by atoms with van der Waals surface area (Å²) >= 11 is 6.89. The number of hydrogen-bond acceptors (Lipinski definition) is 6. The smallest absolute Gasteiger partial charge is 0.350 e. The summed E-state index contributed by atoms with van der Waals surface area (Å²) in [4.78, 5) is 37.6. The normalized spacial score (nSPS) is 26.0. The second-order valence-electron chi connectivity index (χ2n) is 13.2. The van der Waals surface area contributed by atoms with Crippen LogP contribution in [0.5, 0.6) is 5.75 Å². The number of anilines is 1. The Hall–Kier alpha value is -3.50. The largest absolute Gasteiger partial charge is 0.488 e. The van der Waals surface area contributed by atoms with Crippen molar-refractivity contribution in [3.8, 4) is 16.9 Å². The summed E-state index contributed by atoms with van der Waals surface area (Å²) in [6.07, 6.45) is 6.84. The molecule has 8 nitrogen and oxygen atoms in total. The molecule has 1 aromatic heterocycles. The summed E-state index contributed by atoms with van der Waals surface area (Å²) in [5.41, 5.74) is 0.469. The number of nitrogens with zero attached hydrogens (tertiary/aromatic N) is 5. The van der Waals surface area contributed by atoms with Gasteiger partial charge in [-0.2, -0.15) is 4.98 Å². The summed E-state index contributed by atoms with van der Waals surface area (Å²) in [5.74, 6) is -0.0657. The van der Waals surface area contributed by atoms with E-state index in [-0.39, 0.29) is 52.5 Å². The summed E-state index contributed by atoms with van der Waals surface area (Å²) in [6.45, 7) is 10.8. The van der Waals surface area contributed by atoms with Gasteiger partial charge in [-0.3, -0.25) is 9.36 Å². The second kappa shape index (κ2) is 11.7. The van der Waals surface area contributed by atoms with Crippen LogP contribution < -0.4 is 15.3 Å². The van der Waals surface area contributed by atoms with E-state index in [0.717, 1.165) is 37.9 Å². The first kappa shape index (κ1) is 30.2. The zero-order chi connectivity index (χ0) is 31.6. The number of amides is 1. The first-order valence-corrected chi connectivity index (χ1v) is 16.3. The van der Waals surface area contributed by atoms with E-state index in [1.807, 2.05) is 18.7 Å². The van der Waals surface area contributed by atoms with E-state index in [1.54, 1.807) is 15.5 Å². The number of hydrogen-bond donors (Lipinski definition) is 0. The maximum absolute atomic E-state index is 15.2. The van der Waals surface area contributed by atoms with Gasteiger partial charge in [0.2, 0.25) is 5.91 Å². The molecule has 1 amide bonds. The molecule has 5 atom stereocenters. The molecule has 1 saturated carbocycles. The molecule has 0 radical (unpaired) electrons. The van der Waals surface area contributed by atoms with Crippen LogP contribution in [0.25, 0.3) is 22.0 Å². The highest BCUT2D eigenvalue weighted by Crippen LogP contribution is 2.48. The number of ether oxygens (including phenoxy) is 1. The molecule has 3 aliphatic heterocycles. The number of carbonyl (C=O) groups excluding carboxylic acids is 1. The average molecular weight is 638 g/mol. The van der Waals surface area contributed by atoms with Gasteiger partial charge in [0, 0.05) is 60.3 Å². The summed E-state index contributed by atoms with van der Waals surface area (Å²) in [7, 11) is 0. The van der Waals surface area contributed by atoms with Crippen molar-refractivity contribution >= 4 is 34.2 Å². The molecule has 2 saturated heterocycles. The molecule has 1 aliphatic carbocycles. The Morgan fingerprint density at radius 3 is 2.69 bits per heavy atom. The van der Waals surface area contributed by atoms with Gasteiger partial charge in [-0.15, -0.1) is 0 Å². The van der Waals surface area contributed by atoms with Gasteiger partial charge in [-0.1, -0.05) is 18.2 Å². The van der Waals surface area contributed by atoms with Crippen molar-refractivity contribution in [2.24, 2.45) is 5.92 Å². The minimum absolute atomic E-state index is 0.0942. The third-order valence-electron chi connectivity index (χ3n) is 10.3. The van der Waals surface area contributed by atoms with E-state index in [0.29, 0.717) is 35.9 Å². The molecule has 3 fully saturated rings. The molecule has 2 aromatic carbocycles. The molecular formula is C34H38ClF2N5O3.